The van der Waals surface area contributed by atoms with Gasteiger partial charge in [-0.25, -0.2) is 4.98 Å². The summed E-state index contributed by atoms with van der Waals surface area (Å²) in [4.78, 5) is 21.9. The number of benzene rings is 3. The standard InChI is InChI=1S/C30H26N4O2S/c31-27-23-17-21-19-34(18-20-9-3-1-4-10-20)16-15-24(21)33-30(23)37-28(27)29(35)32-25-13-7-8-14-26(25)36-22-11-5-2-6-12-22/h1-14,17H,15-16,18-19,31H2,(H,32,35). The van der Waals surface area contributed by atoms with Crippen LogP contribution in [0.4, 0.5) is 11.4 Å². The molecular formula is C30H26N4O2S. The molecule has 0 aliphatic carbocycles. The van der Waals surface area contributed by atoms with Gasteiger partial charge < -0.3 is 15.8 Å². The van der Waals surface area contributed by atoms with Gasteiger partial charge >= 0.3 is 0 Å². The van der Waals surface area contributed by atoms with E-state index in [0.29, 0.717) is 27.8 Å². The first-order valence-corrected chi connectivity index (χ1v) is 13.1. The number of amides is 1. The lowest BCUT2D eigenvalue weighted by atomic mass is 10.0. The molecule has 0 spiro atoms. The Labute approximate surface area is 219 Å². The van der Waals surface area contributed by atoms with Crippen LogP contribution in [0.5, 0.6) is 11.5 Å². The van der Waals surface area contributed by atoms with Crippen molar-refractivity contribution in [2.75, 3.05) is 17.6 Å². The van der Waals surface area contributed by atoms with Crippen LogP contribution < -0.4 is 15.8 Å². The van der Waals surface area contributed by atoms with Crippen LogP contribution in [0, 0.1) is 0 Å². The first kappa shape index (κ1) is 23.2. The molecule has 3 heterocycles. The molecule has 6 rings (SSSR count). The van der Waals surface area contributed by atoms with Crippen LogP contribution >= 0.6 is 11.3 Å². The van der Waals surface area contributed by atoms with Crippen molar-refractivity contribution < 1.29 is 9.53 Å². The monoisotopic (exact) mass is 506 g/mol. The van der Waals surface area contributed by atoms with Crippen LogP contribution in [0.3, 0.4) is 0 Å². The highest BCUT2D eigenvalue weighted by atomic mass is 32.1. The summed E-state index contributed by atoms with van der Waals surface area (Å²) in [5, 5.41) is 3.82. The van der Waals surface area contributed by atoms with Gasteiger partial charge in [-0.1, -0.05) is 60.7 Å². The molecule has 184 valence electrons. The van der Waals surface area contributed by atoms with Crippen molar-refractivity contribution in [2.45, 2.75) is 19.5 Å². The number of nitrogens with zero attached hydrogens (tertiary/aromatic N) is 2. The maximum absolute atomic E-state index is 13.3. The predicted molar refractivity (Wildman–Crippen MR) is 149 cm³/mol. The molecule has 0 atom stereocenters. The SMILES string of the molecule is Nc1c(C(=O)Nc2ccccc2Oc2ccccc2)sc2nc3c(cc12)CN(Cc1ccccc1)CC3. The largest absolute Gasteiger partial charge is 0.455 e. The maximum Gasteiger partial charge on any atom is 0.268 e. The lowest BCUT2D eigenvalue weighted by Crippen LogP contribution is -2.30. The lowest BCUT2D eigenvalue weighted by Gasteiger charge is -2.28. The first-order chi connectivity index (χ1) is 18.1. The van der Waals surface area contributed by atoms with E-state index < -0.39 is 0 Å². The van der Waals surface area contributed by atoms with Crippen LogP contribution in [0.15, 0.2) is 91.0 Å². The third-order valence-corrected chi connectivity index (χ3v) is 7.62. The molecule has 37 heavy (non-hydrogen) atoms. The van der Waals surface area contributed by atoms with E-state index in [0.717, 1.165) is 42.0 Å². The van der Waals surface area contributed by atoms with Gasteiger partial charge in [-0.05, 0) is 41.5 Å². The molecule has 0 unspecified atom stereocenters. The van der Waals surface area contributed by atoms with E-state index in [1.54, 1.807) is 0 Å². The Kier molecular flexibility index (Phi) is 6.30. The van der Waals surface area contributed by atoms with Gasteiger partial charge in [-0.3, -0.25) is 9.69 Å². The molecule has 0 saturated carbocycles. The summed E-state index contributed by atoms with van der Waals surface area (Å²) >= 11 is 1.33. The number of nitrogens with one attached hydrogen (secondary N) is 1. The minimum Gasteiger partial charge on any atom is -0.455 e. The lowest BCUT2D eigenvalue weighted by molar-refractivity contribution is 0.103. The number of carbonyl (C=O) groups is 1. The van der Waals surface area contributed by atoms with Gasteiger partial charge in [0.25, 0.3) is 5.91 Å². The van der Waals surface area contributed by atoms with Gasteiger partial charge in [-0.15, -0.1) is 11.3 Å². The number of hydrogen-bond acceptors (Lipinski definition) is 6. The Morgan fingerprint density at radius 2 is 1.73 bits per heavy atom. The van der Waals surface area contributed by atoms with E-state index >= 15 is 0 Å². The summed E-state index contributed by atoms with van der Waals surface area (Å²) in [7, 11) is 0. The predicted octanol–water partition coefficient (Wildman–Crippen LogP) is 6.48. The smallest absolute Gasteiger partial charge is 0.268 e. The van der Waals surface area contributed by atoms with Crippen molar-refractivity contribution in [3.63, 3.8) is 0 Å². The molecule has 1 amide bonds. The van der Waals surface area contributed by atoms with Gasteiger partial charge in [0, 0.05) is 37.1 Å². The minimum atomic E-state index is -0.270. The average Bonchev–Trinajstić information content (AvgIpc) is 3.25. The highest BCUT2D eigenvalue weighted by molar-refractivity contribution is 7.21. The molecule has 5 aromatic rings. The molecule has 0 bridgehead atoms. The zero-order valence-electron chi connectivity index (χ0n) is 20.2. The van der Waals surface area contributed by atoms with Crippen LogP contribution in [0.25, 0.3) is 10.2 Å². The Hall–Kier alpha value is -4.20. The second-order valence-corrected chi connectivity index (χ2v) is 10.1. The molecule has 0 saturated heterocycles. The molecule has 6 nitrogen and oxygen atoms in total. The fourth-order valence-electron chi connectivity index (χ4n) is 4.65. The van der Waals surface area contributed by atoms with E-state index in [1.165, 1.54) is 22.5 Å². The zero-order valence-corrected chi connectivity index (χ0v) is 21.0. The number of hydrogen-bond donors (Lipinski definition) is 2. The fourth-order valence-corrected chi connectivity index (χ4v) is 5.65. The normalized spacial score (nSPS) is 13.3. The number of nitrogens with two attached hydrogens (primary N) is 1. The summed E-state index contributed by atoms with van der Waals surface area (Å²) < 4.78 is 6.00. The van der Waals surface area contributed by atoms with Crippen LogP contribution in [-0.4, -0.2) is 22.3 Å². The third-order valence-electron chi connectivity index (χ3n) is 6.51. The van der Waals surface area contributed by atoms with Crippen LogP contribution in [0.1, 0.15) is 26.5 Å². The summed E-state index contributed by atoms with van der Waals surface area (Å²) in [5.41, 5.74) is 11.1. The molecule has 7 heteroatoms. The summed E-state index contributed by atoms with van der Waals surface area (Å²) in [6.07, 6.45) is 0.877. The molecular weight excluding hydrogens is 480 g/mol. The number of thiophene rings is 1. The van der Waals surface area contributed by atoms with E-state index in [1.807, 2.05) is 60.7 Å². The average molecular weight is 507 g/mol. The van der Waals surface area contributed by atoms with E-state index in [2.05, 4.69) is 40.5 Å². The Balaban J connectivity index is 1.23. The summed E-state index contributed by atoms with van der Waals surface area (Å²) in [6.45, 7) is 2.66. The van der Waals surface area contributed by atoms with Crippen molar-refractivity contribution in [1.29, 1.82) is 0 Å². The topological polar surface area (TPSA) is 80.5 Å². The molecule has 1 aliphatic rings. The number of anilines is 2. The Morgan fingerprint density at radius 3 is 2.54 bits per heavy atom. The second-order valence-electron chi connectivity index (χ2n) is 9.10. The van der Waals surface area contributed by atoms with Crippen molar-refractivity contribution >= 4 is 38.8 Å². The van der Waals surface area contributed by atoms with Crippen molar-refractivity contribution in [3.05, 3.63) is 113 Å². The van der Waals surface area contributed by atoms with Gasteiger partial charge in [0.2, 0.25) is 0 Å². The number of ether oxygens (including phenoxy) is 1. The minimum absolute atomic E-state index is 0.270. The van der Waals surface area contributed by atoms with E-state index in [9.17, 15) is 4.79 Å². The molecule has 0 radical (unpaired) electrons. The zero-order chi connectivity index (χ0) is 25.2. The third kappa shape index (κ3) is 4.91. The highest BCUT2D eigenvalue weighted by Crippen LogP contribution is 2.37. The Bertz CT molecular complexity index is 1570. The van der Waals surface area contributed by atoms with Crippen molar-refractivity contribution in [3.8, 4) is 11.5 Å². The second kappa shape index (κ2) is 10.0. The van der Waals surface area contributed by atoms with Gasteiger partial charge in [-0.2, -0.15) is 0 Å². The number of nitrogen functional groups attached to an aromatic ring is 1. The highest BCUT2D eigenvalue weighted by Gasteiger charge is 2.23. The van der Waals surface area contributed by atoms with Crippen molar-refractivity contribution in [2.24, 2.45) is 0 Å². The molecule has 3 N–H and O–H groups in total. The van der Waals surface area contributed by atoms with Gasteiger partial charge in [0.1, 0.15) is 15.5 Å². The fraction of sp³-hybridized carbons (Fsp3) is 0.133. The van der Waals surface area contributed by atoms with Crippen molar-refractivity contribution in [1.82, 2.24) is 9.88 Å². The number of carbonyl (C=O) groups excluding carboxylic acids is 1. The maximum atomic E-state index is 13.3. The van der Waals surface area contributed by atoms with Crippen LogP contribution in [0.2, 0.25) is 0 Å². The van der Waals surface area contributed by atoms with E-state index in [4.69, 9.17) is 15.5 Å². The Morgan fingerprint density at radius 1 is 1.00 bits per heavy atom. The number of pyridine rings is 1. The molecule has 2 aromatic heterocycles. The first-order valence-electron chi connectivity index (χ1n) is 12.2. The molecule has 3 aromatic carbocycles. The number of para-hydroxylation sites is 3. The number of aromatic nitrogens is 1. The molecule has 0 fully saturated rings. The summed E-state index contributed by atoms with van der Waals surface area (Å²) in [6, 6.07) is 29.5. The van der Waals surface area contributed by atoms with Gasteiger partial charge in [0.05, 0.1) is 11.4 Å². The van der Waals surface area contributed by atoms with Crippen LogP contribution in [-0.2, 0) is 19.5 Å². The molecule has 1 aliphatic heterocycles. The summed E-state index contributed by atoms with van der Waals surface area (Å²) in [5.74, 6) is 0.990. The van der Waals surface area contributed by atoms with E-state index in [-0.39, 0.29) is 5.91 Å². The van der Waals surface area contributed by atoms with Gasteiger partial charge in [0.15, 0.2) is 5.75 Å². The number of rotatable bonds is 6. The number of fused-ring (bicyclic) bond motifs is 2. The quantitative estimate of drug-likeness (QED) is 0.275.